The van der Waals surface area contributed by atoms with E-state index in [0.717, 1.165) is 25.2 Å². The molecule has 0 aromatic carbocycles. The number of nitrogens with one attached hydrogen (secondary N) is 1. The summed E-state index contributed by atoms with van der Waals surface area (Å²) in [6.45, 7) is 4.72. The number of carbonyl (C=O) groups excluding carboxylic acids is 1. The van der Waals surface area contributed by atoms with Crippen LogP contribution in [0.15, 0.2) is 0 Å². The zero-order valence-corrected chi connectivity index (χ0v) is 12.7. The topological polar surface area (TPSA) is 58.4 Å². The molecular weight excluding hydrogens is 250 g/mol. The minimum atomic E-state index is -0.408. The van der Waals surface area contributed by atoms with Gasteiger partial charge in [-0.2, -0.15) is 0 Å². The number of nitrogens with two attached hydrogens (primary N) is 1. The Bertz CT molecular complexity index is 369. The van der Waals surface area contributed by atoms with E-state index in [4.69, 9.17) is 5.73 Å². The lowest BCUT2D eigenvalue weighted by atomic mass is 9.96. The molecule has 0 radical (unpaired) electrons. The van der Waals surface area contributed by atoms with Crippen molar-refractivity contribution in [2.24, 2.45) is 11.7 Å². The summed E-state index contributed by atoms with van der Waals surface area (Å²) >= 11 is 0. The fraction of sp³-hybridized carbons (Fsp3) is 0.938. The minimum Gasteiger partial charge on any atom is -0.368 e. The maximum Gasteiger partial charge on any atom is 0.237 e. The maximum absolute atomic E-state index is 12.0. The van der Waals surface area contributed by atoms with Crippen LogP contribution in [0.2, 0.25) is 0 Å². The summed E-state index contributed by atoms with van der Waals surface area (Å²) in [6.07, 6.45) is 9.38. The summed E-state index contributed by atoms with van der Waals surface area (Å²) in [6, 6.07) is 1.11. The van der Waals surface area contributed by atoms with Gasteiger partial charge in [0.15, 0.2) is 0 Å². The molecule has 3 unspecified atom stereocenters. The number of nitrogens with zero attached hydrogens (tertiary/aromatic N) is 1. The molecule has 3 fully saturated rings. The zero-order valence-electron chi connectivity index (χ0n) is 12.7. The fourth-order valence-electron chi connectivity index (χ4n) is 4.21. The quantitative estimate of drug-likeness (QED) is 0.777. The lowest BCUT2D eigenvalue weighted by Crippen LogP contribution is -2.55. The molecule has 3 N–H and O–H groups in total. The van der Waals surface area contributed by atoms with Crippen LogP contribution in [0.5, 0.6) is 0 Å². The summed E-state index contributed by atoms with van der Waals surface area (Å²) in [5.41, 5.74) is 5.32. The highest BCUT2D eigenvalue weighted by Crippen LogP contribution is 2.38. The van der Waals surface area contributed by atoms with Crippen LogP contribution in [0.25, 0.3) is 0 Å². The van der Waals surface area contributed by atoms with Crippen LogP contribution in [-0.4, -0.2) is 41.5 Å². The van der Waals surface area contributed by atoms with Crippen LogP contribution in [0.1, 0.15) is 58.3 Å². The first-order valence-corrected chi connectivity index (χ1v) is 8.44. The van der Waals surface area contributed by atoms with Gasteiger partial charge in [0.1, 0.15) is 0 Å². The summed E-state index contributed by atoms with van der Waals surface area (Å²) in [5, 5.41) is 3.55. The van der Waals surface area contributed by atoms with Crippen molar-refractivity contribution in [1.82, 2.24) is 10.2 Å². The molecule has 0 spiro atoms. The number of rotatable bonds is 6. The van der Waals surface area contributed by atoms with Crippen molar-refractivity contribution in [1.29, 1.82) is 0 Å². The molecule has 20 heavy (non-hydrogen) atoms. The van der Waals surface area contributed by atoms with Crippen LogP contribution in [0.4, 0.5) is 0 Å². The lowest BCUT2D eigenvalue weighted by Gasteiger charge is -2.29. The first-order valence-electron chi connectivity index (χ1n) is 8.44. The zero-order chi connectivity index (χ0) is 14.2. The number of carbonyl (C=O) groups is 1. The molecule has 1 aliphatic heterocycles. The molecule has 2 saturated carbocycles. The van der Waals surface area contributed by atoms with Crippen molar-refractivity contribution in [3.05, 3.63) is 0 Å². The number of likely N-dealkylation sites (tertiary alicyclic amines) is 1. The number of hydrogen-bond acceptors (Lipinski definition) is 3. The fourth-order valence-corrected chi connectivity index (χ4v) is 4.21. The van der Waals surface area contributed by atoms with Gasteiger partial charge in [-0.25, -0.2) is 0 Å². The minimum absolute atomic E-state index is 0.129. The predicted octanol–water partition coefficient (Wildman–Crippen LogP) is 1.64. The lowest BCUT2D eigenvalue weighted by molar-refractivity contribution is -0.124. The Balaban J connectivity index is 1.59. The second kappa shape index (κ2) is 5.64. The van der Waals surface area contributed by atoms with E-state index in [0.29, 0.717) is 12.1 Å². The molecule has 1 amide bonds. The van der Waals surface area contributed by atoms with Crippen molar-refractivity contribution >= 4 is 5.91 Å². The molecule has 0 aromatic rings. The molecule has 114 valence electrons. The van der Waals surface area contributed by atoms with Crippen LogP contribution >= 0.6 is 0 Å². The van der Waals surface area contributed by atoms with E-state index < -0.39 is 5.54 Å². The number of amides is 1. The predicted molar refractivity (Wildman–Crippen MR) is 80.3 cm³/mol. The normalized spacial score (nSPS) is 38.5. The summed E-state index contributed by atoms with van der Waals surface area (Å²) in [7, 11) is 0. The van der Waals surface area contributed by atoms with Gasteiger partial charge in [0, 0.05) is 18.6 Å². The van der Waals surface area contributed by atoms with E-state index >= 15 is 0 Å². The van der Waals surface area contributed by atoms with Gasteiger partial charge in [0.2, 0.25) is 5.91 Å². The molecule has 3 rings (SSSR count). The first kappa shape index (κ1) is 14.3. The second-order valence-corrected chi connectivity index (χ2v) is 7.20. The second-order valence-electron chi connectivity index (χ2n) is 7.20. The van der Waals surface area contributed by atoms with Crippen molar-refractivity contribution in [2.45, 2.75) is 75.9 Å². The van der Waals surface area contributed by atoms with Crippen molar-refractivity contribution < 1.29 is 4.79 Å². The Hall–Kier alpha value is -0.610. The molecule has 3 aliphatic rings. The molecule has 0 bridgehead atoms. The van der Waals surface area contributed by atoms with Gasteiger partial charge in [0.25, 0.3) is 0 Å². The van der Waals surface area contributed by atoms with Gasteiger partial charge in [-0.3, -0.25) is 4.79 Å². The molecule has 4 heteroatoms. The third-order valence-electron chi connectivity index (χ3n) is 5.55. The molecule has 3 atom stereocenters. The van der Waals surface area contributed by atoms with Gasteiger partial charge in [-0.1, -0.05) is 13.3 Å². The Morgan fingerprint density at radius 3 is 2.80 bits per heavy atom. The van der Waals surface area contributed by atoms with E-state index in [1.54, 1.807) is 0 Å². The van der Waals surface area contributed by atoms with Crippen molar-refractivity contribution in [2.75, 3.05) is 13.1 Å². The van der Waals surface area contributed by atoms with Gasteiger partial charge >= 0.3 is 0 Å². The molecular formula is C16H29N3O. The Kier molecular flexibility index (Phi) is 4.04. The van der Waals surface area contributed by atoms with Crippen molar-refractivity contribution in [3.63, 3.8) is 0 Å². The van der Waals surface area contributed by atoms with Crippen LogP contribution in [-0.2, 0) is 4.79 Å². The van der Waals surface area contributed by atoms with E-state index in [2.05, 4.69) is 17.1 Å². The van der Waals surface area contributed by atoms with Gasteiger partial charge in [-0.15, -0.1) is 0 Å². The average Bonchev–Trinajstić information content (AvgIpc) is 2.92. The van der Waals surface area contributed by atoms with Gasteiger partial charge in [-0.05, 0) is 57.4 Å². The van der Waals surface area contributed by atoms with Crippen molar-refractivity contribution in [3.8, 4) is 0 Å². The summed E-state index contributed by atoms with van der Waals surface area (Å²) in [5.74, 6) is 0.746. The highest BCUT2D eigenvalue weighted by molar-refractivity contribution is 5.85. The number of primary amides is 1. The van der Waals surface area contributed by atoms with Gasteiger partial charge < -0.3 is 16.0 Å². The highest BCUT2D eigenvalue weighted by atomic mass is 16.1. The third kappa shape index (κ3) is 2.86. The smallest absolute Gasteiger partial charge is 0.237 e. The SMILES string of the molecule is CCCC1CCN(C2CCC(NC3CC3)(C(N)=O)C2)C1. The Morgan fingerprint density at radius 1 is 1.35 bits per heavy atom. The Morgan fingerprint density at radius 2 is 2.15 bits per heavy atom. The highest BCUT2D eigenvalue weighted by Gasteiger charge is 2.48. The Labute approximate surface area is 122 Å². The summed E-state index contributed by atoms with van der Waals surface area (Å²) in [4.78, 5) is 14.6. The van der Waals surface area contributed by atoms with Crippen LogP contribution in [0.3, 0.4) is 0 Å². The third-order valence-corrected chi connectivity index (χ3v) is 5.55. The van der Waals surface area contributed by atoms with E-state index in [1.807, 2.05) is 0 Å². The molecule has 0 aromatic heterocycles. The van der Waals surface area contributed by atoms with Gasteiger partial charge in [0.05, 0.1) is 5.54 Å². The maximum atomic E-state index is 12.0. The molecule has 2 aliphatic carbocycles. The molecule has 4 nitrogen and oxygen atoms in total. The summed E-state index contributed by atoms with van der Waals surface area (Å²) < 4.78 is 0. The average molecular weight is 279 g/mol. The molecule has 1 heterocycles. The monoisotopic (exact) mass is 279 g/mol. The number of hydrogen-bond donors (Lipinski definition) is 2. The van der Waals surface area contributed by atoms with E-state index in [9.17, 15) is 4.79 Å². The largest absolute Gasteiger partial charge is 0.368 e. The van der Waals surface area contributed by atoms with Crippen LogP contribution in [0, 0.1) is 5.92 Å². The van der Waals surface area contributed by atoms with E-state index in [-0.39, 0.29) is 5.91 Å². The first-order chi connectivity index (χ1) is 9.63. The molecule has 1 saturated heterocycles. The standard InChI is InChI=1S/C16H29N3O/c1-2-3-12-7-9-19(11-12)14-6-8-16(10-14,15(17)20)18-13-4-5-13/h12-14,18H,2-11H2,1H3,(H2,17,20). The van der Waals surface area contributed by atoms with Crippen LogP contribution < -0.4 is 11.1 Å². The van der Waals surface area contributed by atoms with E-state index in [1.165, 1.54) is 45.2 Å².